The van der Waals surface area contributed by atoms with E-state index < -0.39 is 11.9 Å². The number of aliphatic hydroxyl groups excluding tert-OH is 1. The van der Waals surface area contributed by atoms with Crippen molar-refractivity contribution in [2.24, 2.45) is 7.05 Å². The minimum Gasteiger partial charge on any atom is -0.503 e. The van der Waals surface area contributed by atoms with Crippen molar-refractivity contribution in [1.82, 2.24) is 19.5 Å². The summed E-state index contributed by atoms with van der Waals surface area (Å²) in [6.07, 6.45) is 5.57. The normalized spacial score (nSPS) is 16.4. The van der Waals surface area contributed by atoms with Gasteiger partial charge >= 0.3 is 0 Å². The van der Waals surface area contributed by atoms with Crippen LogP contribution in [0.5, 0.6) is 0 Å². The maximum atomic E-state index is 13.7. The van der Waals surface area contributed by atoms with Crippen molar-refractivity contribution in [3.05, 3.63) is 102 Å². The lowest BCUT2D eigenvalue weighted by Gasteiger charge is -2.27. The van der Waals surface area contributed by atoms with Crippen molar-refractivity contribution < 1.29 is 9.90 Å². The zero-order chi connectivity index (χ0) is 23.7. The van der Waals surface area contributed by atoms with E-state index in [-0.39, 0.29) is 5.76 Å². The van der Waals surface area contributed by atoms with E-state index in [4.69, 9.17) is 0 Å². The second-order valence-corrected chi connectivity index (χ2v) is 8.90. The summed E-state index contributed by atoms with van der Waals surface area (Å²) in [6.45, 7) is 0. The molecule has 1 atom stereocenters. The van der Waals surface area contributed by atoms with Crippen LogP contribution in [0, 0.1) is 0 Å². The average molecular weight is 460 g/mol. The maximum absolute atomic E-state index is 13.7. The van der Waals surface area contributed by atoms with Gasteiger partial charge in [-0.15, -0.1) is 0 Å². The summed E-state index contributed by atoms with van der Waals surface area (Å²) < 4.78 is 2.06. The Kier molecular flexibility index (Phi) is 3.99. The van der Waals surface area contributed by atoms with E-state index in [1.54, 1.807) is 11.2 Å². The van der Waals surface area contributed by atoms with Gasteiger partial charge in [0.15, 0.2) is 5.76 Å². The summed E-state index contributed by atoms with van der Waals surface area (Å²) in [6, 6.07) is 21.2. The Balaban J connectivity index is 1.52. The van der Waals surface area contributed by atoms with E-state index in [1.807, 2.05) is 67.8 Å². The number of amides is 1. The molecule has 1 amide bonds. The minimum absolute atomic E-state index is 0.239. The lowest BCUT2D eigenvalue weighted by molar-refractivity contribution is -0.117. The number of aromatic nitrogens is 4. The van der Waals surface area contributed by atoms with Crippen LogP contribution in [0.1, 0.15) is 17.2 Å². The molecular formula is C28H21N5O2. The molecule has 0 bridgehead atoms. The fraction of sp³-hybridized carbons (Fsp3) is 0.0714. The monoisotopic (exact) mass is 459 g/mol. The minimum atomic E-state index is -0.520. The predicted octanol–water partition coefficient (Wildman–Crippen LogP) is 5.59. The number of hydrogen-bond donors (Lipinski definition) is 3. The van der Waals surface area contributed by atoms with E-state index in [1.165, 1.54) is 0 Å². The van der Waals surface area contributed by atoms with E-state index >= 15 is 0 Å². The number of anilines is 1. The van der Waals surface area contributed by atoms with Crippen molar-refractivity contribution in [3.8, 4) is 0 Å². The molecule has 7 rings (SSSR count). The largest absolute Gasteiger partial charge is 0.503 e. The second-order valence-electron chi connectivity index (χ2n) is 8.90. The molecule has 4 heterocycles. The molecule has 170 valence electrons. The molecule has 0 fully saturated rings. The van der Waals surface area contributed by atoms with Crippen LogP contribution in [0.2, 0.25) is 0 Å². The second kappa shape index (κ2) is 7.11. The van der Waals surface area contributed by atoms with Gasteiger partial charge in [-0.2, -0.15) is 0 Å². The molecule has 0 aliphatic carbocycles. The van der Waals surface area contributed by atoms with Gasteiger partial charge in [0.05, 0.1) is 23.4 Å². The molecule has 7 heteroatoms. The molecule has 35 heavy (non-hydrogen) atoms. The van der Waals surface area contributed by atoms with Crippen LogP contribution < -0.4 is 4.90 Å². The number of carbonyl (C=O) groups is 1. The number of aromatic amines is 2. The first-order valence-electron chi connectivity index (χ1n) is 11.4. The summed E-state index contributed by atoms with van der Waals surface area (Å²) in [7, 11) is 2.00. The first-order chi connectivity index (χ1) is 17.1. The number of imidazole rings is 1. The number of H-pyrrole nitrogens is 2. The number of carbonyl (C=O) groups excluding carboxylic acids is 1. The molecule has 1 unspecified atom stereocenters. The van der Waals surface area contributed by atoms with Gasteiger partial charge in [-0.05, 0) is 30.3 Å². The number of benzene rings is 3. The van der Waals surface area contributed by atoms with Crippen LogP contribution in [0.15, 0.2) is 91.2 Å². The van der Waals surface area contributed by atoms with Gasteiger partial charge in [-0.25, -0.2) is 4.98 Å². The van der Waals surface area contributed by atoms with E-state index in [0.29, 0.717) is 11.3 Å². The quantitative estimate of drug-likeness (QED) is 0.322. The molecule has 0 spiro atoms. The smallest absolute Gasteiger partial charge is 0.294 e. The third-order valence-electron chi connectivity index (χ3n) is 6.99. The molecule has 7 nitrogen and oxygen atoms in total. The summed E-state index contributed by atoms with van der Waals surface area (Å²) in [5, 5.41) is 13.3. The lowest BCUT2D eigenvalue weighted by Crippen LogP contribution is -2.30. The molecule has 6 aromatic rings. The standard InChI is InChI=1S/C28H21N5O2/c1-32-14-20(18-7-3-5-9-24(18)32)26-25(19-13-29-21-8-4-2-6-17(19)21)27(34)28(35)33(26)16-10-11-22-23(12-16)31-15-30-22/h2-15,26,29,34H,1H3,(H,30,31). The number of para-hydroxylation sites is 2. The van der Waals surface area contributed by atoms with Gasteiger partial charge in [-0.1, -0.05) is 36.4 Å². The molecule has 0 saturated carbocycles. The third-order valence-corrected chi connectivity index (χ3v) is 6.99. The number of fused-ring (bicyclic) bond motifs is 3. The number of aliphatic hydroxyl groups is 1. The summed E-state index contributed by atoms with van der Waals surface area (Å²) in [4.78, 5) is 26.1. The van der Waals surface area contributed by atoms with Gasteiger partial charge in [0.25, 0.3) is 5.91 Å². The van der Waals surface area contributed by atoms with Gasteiger partial charge in [0, 0.05) is 63.6 Å². The molecular weight excluding hydrogens is 438 g/mol. The molecule has 1 aliphatic heterocycles. The van der Waals surface area contributed by atoms with Crippen LogP contribution in [-0.2, 0) is 11.8 Å². The van der Waals surface area contributed by atoms with Crippen LogP contribution in [0.3, 0.4) is 0 Å². The Morgan fingerprint density at radius 1 is 0.943 bits per heavy atom. The first kappa shape index (κ1) is 19.7. The third kappa shape index (κ3) is 2.72. The predicted molar refractivity (Wildman–Crippen MR) is 137 cm³/mol. The average Bonchev–Trinajstić information content (AvgIpc) is 3.64. The molecule has 3 aromatic carbocycles. The topological polar surface area (TPSA) is 89.9 Å². The zero-order valence-electron chi connectivity index (χ0n) is 18.9. The zero-order valence-corrected chi connectivity index (χ0v) is 18.9. The Labute approximate surface area is 199 Å². The molecule has 1 aliphatic rings. The van der Waals surface area contributed by atoms with Crippen molar-refractivity contribution in [3.63, 3.8) is 0 Å². The van der Waals surface area contributed by atoms with Crippen LogP contribution >= 0.6 is 0 Å². The fourth-order valence-electron chi connectivity index (χ4n) is 5.40. The highest BCUT2D eigenvalue weighted by atomic mass is 16.3. The molecule has 3 N–H and O–H groups in total. The van der Waals surface area contributed by atoms with Crippen LogP contribution in [0.4, 0.5) is 5.69 Å². The van der Waals surface area contributed by atoms with Crippen molar-refractivity contribution in [2.75, 3.05) is 4.90 Å². The van der Waals surface area contributed by atoms with E-state index in [9.17, 15) is 9.90 Å². The van der Waals surface area contributed by atoms with Gasteiger partial charge in [0.2, 0.25) is 0 Å². The molecule has 0 saturated heterocycles. The SMILES string of the molecule is Cn1cc(C2C(c3c[nH]c4ccccc34)=C(O)C(=O)N2c2ccc3nc[nH]c3c2)c2ccccc21. The van der Waals surface area contributed by atoms with Crippen molar-refractivity contribution in [2.45, 2.75) is 6.04 Å². The van der Waals surface area contributed by atoms with E-state index in [0.717, 1.165) is 44.0 Å². The highest BCUT2D eigenvalue weighted by Gasteiger charge is 2.44. The van der Waals surface area contributed by atoms with E-state index in [2.05, 4.69) is 37.8 Å². The highest BCUT2D eigenvalue weighted by molar-refractivity contribution is 6.18. The number of aryl methyl sites for hydroxylation is 1. The fourth-order valence-corrected chi connectivity index (χ4v) is 5.40. The molecule has 0 radical (unpaired) electrons. The number of rotatable bonds is 3. The molecule has 3 aromatic heterocycles. The van der Waals surface area contributed by atoms with Crippen molar-refractivity contribution >= 4 is 50.0 Å². The summed E-state index contributed by atoms with van der Waals surface area (Å²) in [5.74, 6) is -0.667. The number of nitrogens with one attached hydrogen (secondary N) is 2. The Morgan fingerprint density at radius 3 is 2.63 bits per heavy atom. The Morgan fingerprint density at radius 2 is 1.74 bits per heavy atom. The Bertz CT molecular complexity index is 1820. The van der Waals surface area contributed by atoms with Crippen LogP contribution in [-0.4, -0.2) is 30.5 Å². The Hall–Kier alpha value is -4.78. The van der Waals surface area contributed by atoms with Gasteiger partial charge in [0.1, 0.15) is 0 Å². The summed E-state index contributed by atoms with van der Waals surface area (Å²) in [5.41, 5.74) is 6.69. The lowest BCUT2D eigenvalue weighted by atomic mass is 9.92. The van der Waals surface area contributed by atoms with Gasteiger partial charge in [-0.3, -0.25) is 9.69 Å². The number of nitrogens with zero attached hydrogens (tertiary/aromatic N) is 3. The highest BCUT2D eigenvalue weighted by Crippen LogP contribution is 2.49. The maximum Gasteiger partial charge on any atom is 0.294 e. The van der Waals surface area contributed by atoms with Crippen LogP contribution in [0.25, 0.3) is 38.4 Å². The summed E-state index contributed by atoms with van der Waals surface area (Å²) >= 11 is 0. The van der Waals surface area contributed by atoms with Gasteiger partial charge < -0.3 is 19.6 Å². The number of hydrogen-bond acceptors (Lipinski definition) is 3. The van der Waals surface area contributed by atoms with Crippen molar-refractivity contribution in [1.29, 1.82) is 0 Å². The first-order valence-corrected chi connectivity index (χ1v) is 11.4.